The van der Waals surface area contributed by atoms with Crippen molar-refractivity contribution < 1.29 is 27.2 Å². The zero-order valence-electron chi connectivity index (χ0n) is 20.9. The maximum Gasteiger partial charge on any atom is 0.419 e. The van der Waals surface area contributed by atoms with Crippen LogP contribution in [0.2, 0.25) is 0 Å². The van der Waals surface area contributed by atoms with E-state index >= 15 is 0 Å². The Morgan fingerprint density at radius 1 is 1.24 bits per heavy atom. The van der Waals surface area contributed by atoms with Crippen LogP contribution < -0.4 is 15.5 Å². The van der Waals surface area contributed by atoms with Crippen LogP contribution in [0.1, 0.15) is 36.9 Å². The Hall–Kier alpha value is -3.74. The minimum atomic E-state index is -5.00. The number of urea groups is 1. The van der Waals surface area contributed by atoms with Gasteiger partial charge in [0.05, 0.1) is 39.9 Å². The number of aromatic nitrogens is 3. The first-order valence-corrected chi connectivity index (χ1v) is 12.3. The number of carbonyl (C=O) groups is 2. The topological polar surface area (TPSA) is 95.4 Å². The van der Waals surface area contributed by atoms with E-state index < -0.39 is 29.3 Å². The van der Waals surface area contributed by atoms with Gasteiger partial charge in [-0.05, 0) is 63.9 Å². The van der Waals surface area contributed by atoms with E-state index in [1.165, 1.54) is 6.20 Å². The van der Waals surface area contributed by atoms with Crippen molar-refractivity contribution in [2.75, 3.05) is 35.2 Å². The molecule has 2 N–H and O–H groups in total. The van der Waals surface area contributed by atoms with Crippen LogP contribution in [0.5, 0.6) is 0 Å². The second kappa shape index (κ2) is 9.53. The van der Waals surface area contributed by atoms with Gasteiger partial charge in [0.2, 0.25) is 6.41 Å². The van der Waals surface area contributed by atoms with Gasteiger partial charge in [-0.15, -0.1) is 0 Å². The second-order valence-electron chi connectivity index (χ2n) is 9.79. The maximum atomic E-state index is 13.8. The van der Waals surface area contributed by atoms with Crippen LogP contribution in [0.4, 0.5) is 39.4 Å². The Kier molecular flexibility index (Phi) is 6.49. The van der Waals surface area contributed by atoms with Crippen LogP contribution in [-0.2, 0) is 18.0 Å². The Bertz CT molecular complexity index is 1390. The lowest BCUT2D eigenvalue weighted by molar-refractivity contribution is -0.140. The van der Waals surface area contributed by atoms with Crippen molar-refractivity contribution in [1.82, 2.24) is 19.7 Å². The average Bonchev–Trinajstić information content (AvgIpc) is 3.51. The summed E-state index contributed by atoms with van der Waals surface area (Å²) in [7, 11) is 1.75. The maximum absolute atomic E-state index is 13.8. The minimum absolute atomic E-state index is 0.00389. The van der Waals surface area contributed by atoms with E-state index in [0.717, 1.165) is 44.8 Å². The van der Waals surface area contributed by atoms with Gasteiger partial charge in [0.25, 0.3) is 0 Å². The molecule has 2 aliphatic heterocycles. The Balaban J connectivity index is 1.48. The van der Waals surface area contributed by atoms with Crippen molar-refractivity contribution in [2.24, 2.45) is 7.05 Å². The molecular formula is C25H27F4N7O2. The fourth-order valence-electron chi connectivity index (χ4n) is 5.74. The number of fused-ring (bicyclic) bond motifs is 2. The molecule has 1 aromatic carbocycles. The first kappa shape index (κ1) is 25.9. The summed E-state index contributed by atoms with van der Waals surface area (Å²) in [5.41, 5.74) is 0.0359. The van der Waals surface area contributed by atoms with Gasteiger partial charge < -0.3 is 10.6 Å². The van der Waals surface area contributed by atoms with Crippen LogP contribution in [0.15, 0.2) is 24.4 Å². The monoisotopic (exact) mass is 533 g/mol. The molecule has 0 bridgehead atoms. The summed E-state index contributed by atoms with van der Waals surface area (Å²) < 4.78 is 55.0. The zero-order valence-corrected chi connectivity index (χ0v) is 20.9. The van der Waals surface area contributed by atoms with Gasteiger partial charge in [0.1, 0.15) is 5.82 Å². The van der Waals surface area contributed by atoms with Crippen molar-refractivity contribution >= 4 is 40.5 Å². The molecular weight excluding hydrogens is 506 g/mol. The van der Waals surface area contributed by atoms with Crippen molar-refractivity contribution in [3.8, 4) is 0 Å². The van der Waals surface area contributed by atoms with Gasteiger partial charge in [-0.25, -0.2) is 19.1 Å². The lowest BCUT2D eigenvalue weighted by Crippen LogP contribution is -2.44. The summed E-state index contributed by atoms with van der Waals surface area (Å²) >= 11 is 0. The number of halogens is 4. The number of benzene rings is 1. The van der Waals surface area contributed by atoms with Gasteiger partial charge in [-0.1, -0.05) is 0 Å². The molecule has 0 atom stereocenters. The van der Waals surface area contributed by atoms with Crippen LogP contribution >= 0.6 is 0 Å². The third-order valence-electron chi connectivity index (χ3n) is 7.53. The number of alkyl halides is 3. The molecule has 2 saturated heterocycles. The van der Waals surface area contributed by atoms with Crippen molar-refractivity contribution in [1.29, 1.82) is 0 Å². The SMILES string of the molecule is Cc1nn(C)c2ncc(NC(=O)N(C=O)c3ccc(F)c(C(F)(F)F)c3)c(NCC34CCCN3CCC4)c12. The van der Waals surface area contributed by atoms with Gasteiger partial charge in [-0.2, -0.15) is 18.3 Å². The molecule has 4 heterocycles. The summed E-state index contributed by atoms with van der Waals surface area (Å²) in [6.45, 7) is 4.50. The summed E-state index contributed by atoms with van der Waals surface area (Å²) in [5, 5.41) is 11.2. The predicted octanol–water partition coefficient (Wildman–Crippen LogP) is 4.67. The van der Waals surface area contributed by atoms with E-state index in [0.29, 0.717) is 46.0 Å². The smallest absolute Gasteiger partial charge is 0.381 e. The molecule has 0 aliphatic carbocycles. The lowest BCUT2D eigenvalue weighted by atomic mass is 9.94. The number of amides is 3. The number of aryl methyl sites for hydroxylation is 2. The number of imide groups is 1. The summed E-state index contributed by atoms with van der Waals surface area (Å²) in [6.07, 6.45) is 0.800. The van der Waals surface area contributed by atoms with E-state index in [9.17, 15) is 27.2 Å². The van der Waals surface area contributed by atoms with Gasteiger partial charge in [-0.3, -0.25) is 14.4 Å². The number of rotatable bonds is 6. The fraction of sp³-hybridized carbons (Fsp3) is 0.440. The average molecular weight is 534 g/mol. The highest BCUT2D eigenvalue weighted by Gasteiger charge is 2.44. The molecule has 0 radical (unpaired) electrons. The number of anilines is 3. The first-order valence-electron chi connectivity index (χ1n) is 12.3. The molecule has 9 nitrogen and oxygen atoms in total. The Labute approximate surface area is 215 Å². The van der Waals surface area contributed by atoms with Crippen LogP contribution in [0.3, 0.4) is 0 Å². The van der Waals surface area contributed by atoms with E-state index in [1.807, 2.05) is 6.92 Å². The number of carbonyl (C=O) groups excluding carboxylic acids is 2. The largest absolute Gasteiger partial charge is 0.419 e. The Morgan fingerprint density at radius 2 is 1.95 bits per heavy atom. The van der Waals surface area contributed by atoms with Crippen LogP contribution in [-0.4, -0.2) is 57.3 Å². The molecule has 0 unspecified atom stereocenters. The number of hydrogen-bond donors (Lipinski definition) is 2. The number of pyridine rings is 1. The lowest BCUT2D eigenvalue weighted by Gasteiger charge is -2.33. The summed E-state index contributed by atoms with van der Waals surface area (Å²) in [4.78, 5) is 32.3. The van der Waals surface area contributed by atoms with E-state index in [-0.39, 0.29) is 17.6 Å². The third-order valence-corrected chi connectivity index (χ3v) is 7.53. The van der Waals surface area contributed by atoms with Crippen LogP contribution in [0, 0.1) is 12.7 Å². The van der Waals surface area contributed by atoms with Crippen molar-refractivity contribution in [3.63, 3.8) is 0 Å². The quantitative estimate of drug-likeness (QED) is 0.353. The van der Waals surface area contributed by atoms with Crippen molar-refractivity contribution in [3.05, 3.63) is 41.5 Å². The standard InChI is InChI=1S/C25H27F4N7O2/c1-15-20-21(31-13-24-7-3-9-35(24)10-4-8-24)19(12-30-22(20)34(2)33-15)32-23(38)36(14-37)16-5-6-18(26)17(11-16)25(27,28)29/h5-6,11-12,14H,3-4,7-10,13H2,1-2H3,(H,30,31)(H,32,38). The number of nitrogens with one attached hydrogen (secondary N) is 2. The fourth-order valence-corrected chi connectivity index (χ4v) is 5.74. The highest BCUT2D eigenvalue weighted by molar-refractivity contribution is 6.14. The van der Waals surface area contributed by atoms with E-state index in [2.05, 4.69) is 25.6 Å². The van der Waals surface area contributed by atoms with E-state index in [1.54, 1.807) is 11.7 Å². The molecule has 2 aromatic heterocycles. The first-order chi connectivity index (χ1) is 18.0. The normalized spacial score (nSPS) is 17.0. The molecule has 2 fully saturated rings. The van der Waals surface area contributed by atoms with E-state index in [4.69, 9.17) is 0 Å². The van der Waals surface area contributed by atoms with Gasteiger partial charge in [0, 0.05) is 19.1 Å². The minimum Gasteiger partial charge on any atom is -0.381 e. The summed E-state index contributed by atoms with van der Waals surface area (Å²) in [6, 6.07) is 0.893. The number of hydrogen-bond acceptors (Lipinski definition) is 6. The van der Waals surface area contributed by atoms with Crippen molar-refractivity contribution in [2.45, 2.75) is 44.3 Å². The second-order valence-corrected chi connectivity index (χ2v) is 9.79. The number of nitrogens with zero attached hydrogens (tertiary/aromatic N) is 5. The third kappa shape index (κ3) is 4.44. The highest BCUT2D eigenvalue weighted by Crippen LogP contribution is 2.41. The summed E-state index contributed by atoms with van der Waals surface area (Å²) in [5.74, 6) is -1.51. The molecule has 2 aliphatic rings. The highest BCUT2D eigenvalue weighted by atomic mass is 19.4. The molecule has 5 rings (SSSR count). The van der Waals surface area contributed by atoms with Gasteiger partial charge in [0.15, 0.2) is 5.65 Å². The molecule has 3 aromatic rings. The molecule has 202 valence electrons. The molecule has 13 heteroatoms. The molecule has 0 spiro atoms. The zero-order chi connectivity index (χ0) is 27.2. The predicted molar refractivity (Wildman–Crippen MR) is 133 cm³/mol. The van der Waals surface area contributed by atoms with Gasteiger partial charge >= 0.3 is 12.2 Å². The molecule has 3 amide bonds. The Morgan fingerprint density at radius 3 is 2.61 bits per heavy atom. The molecule has 0 saturated carbocycles. The molecule has 38 heavy (non-hydrogen) atoms. The van der Waals surface area contributed by atoms with Crippen LogP contribution in [0.25, 0.3) is 11.0 Å².